The highest BCUT2D eigenvalue weighted by atomic mass is 28.4. The molecule has 0 aromatic carbocycles. The Kier molecular flexibility index (Phi) is 19.0. The van der Waals surface area contributed by atoms with Gasteiger partial charge in [0, 0.05) is 63.9 Å². The zero-order valence-electron chi connectivity index (χ0n) is 25.1. The SMILES string of the molecule is C=C(C)C(=O)OC(C)OC(=O)CCN(CCC[Si](OCC)(OCC)OCC)CCC(=O)OC(C)OC(=O)C(=C)C. The van der Waals surface area contributed by atoms with E-state index in [9.17, 15) is 19.2 Å². The Hall–Kier alpha value is -2.58. The van der Waals surface area contributed by atoms with Gasteiger partial charge in [-0.15, -0.1) is 0 Å². The lowest BCUT2D eigenvalue weighted by Crippen LogP contribution is -2.46. The van der Waals surface area contributed by atoms with Crippen LogP contribution in [0.15, 0.2) is 24.3 Å². The van der Waals surface area contributed by atoms with Gasteiger partial charge in [0.1, 0.15) is 0 Å². The second-order valence-electron chi connectivity index (χ2n) is 8.91. The Bertz CT molecular complexity index is 779. The quantitative estimate of drug-likeness (QED) is 0.0791. The molecule has 0 aliphatic heterocycles. The first kappa shape index (κ1) is 37.4. The Labute approximate surface area is 239 Å². The van der Waals surface area contributed by atoms with E-state index in [2.05, 4.69) is 13.2 Å². The molecule has 0 spiro atoms. The molecule has 0 saturated carbocycles. The van der Waals surface area contributed by atoms with E-state index in [1.54, 1.807) is 0 Å². The third kappa shape index (κ3) is 16.5. The average Bonchev–Trinajstić information content (AvgIpc) is 2.85. The van der Waals surface area contributed by atoms with Crippen LogP contribution in [0.1, 0.15) is 67.7 Å². The lowest BCUT2D eigenvalue weighted by atomic mass is 10.3. The van der Waals surface area contributed by atoms with E-state index in [4.69, 9.17) is 32.2 Å². The molecular weight excluding hydrogens is 542 g/mol. The van der Waals surface area contributed by atoms with Gasteiger partial charge in [0.15, 0.2) is 0 Å². The van der Waals surface area contributed by atoms with Gasteiger partial charge in [-0.1, -0.05) is 13.2 Å². The molecule has 0 saturated heterocycles. The van der Waals surface area contributed by atoms with Crippen LogP contribution < -0.4 is 0 Å². The van der Waals surface area contributed by atoms with E-state index in [1.807, 2.05) is 25.7 Å². The van der Waals surface area contributed by atoms with Gasteiger partial charge in [0.05, 0.1) is 12.8 Å². The van der Waals surface area contributed by atoms with Crippen molar-refractivity contribution < 1.29 is 51.4 Å². The van der Waals surface area contributed by atoms with Gasteiger partial charge in [-0.25, -0.2) is 9.59 Å². The highest BCUT2D eigenvalue weighted by molar-refractivity contribution is 6.60. The molecule has 0 amide bonds. The van der Waals surface area contributed by atoms with Crippen molar-refractivity contribution in [3.63, 3.8) is 0 Å². The molecule has 0 fully saturated rings. The molecule has 0 N–H and O–H groups in total. The summed E-state index contributed by atoms with van der Waals surface area (Å²) in [5, 5.41) is 0. The van der Waals surface area contributed by atoms with Crippen molar-refractivity contribution in [3.8, 4) is 0 Å². The van der Waals surface area contributed by atoms with Crippen LogP contribution in [-0.4, -0.2) is 89.6 Å². The van der Waals surface area contributed by atoms with E-state index < -0.39 is 45.3 Å². The van der Waals surface area contributed by atoms with E-state index in [1.165, 1.54) is 27.7 Å². The molecule has 0 aromatic rings. The summed E-state index contributed by atoms with van der Waals surface area (Å²) >= 11 is 0. The predicted octanol–water partition coefficient (Wildman–Crippen LogP) is 3.52. The Morgan fingerprint density at radius 3 is 1.38 bits per heavy atom. The summed E-state index contributed by atoms with van der Waals surface area (Å²) in [6, 6.07) is 0.551. The van der Waals surface area contributed by atoms with Gasteiger partial charge >= 0.3 is 32.7 Å². The van der Waals surface area contributed by atoms with E-state index in [-0.39, 0.29) is 37.1 Å². The third-order valence-electron chi connectivity index (χ3n) is 5.15. The van der Waals surface area contributed by atoms with Crippen molar-refractivity contribution in [1.82, 2.24) is 4.90 Å². The number of rotatable bonds is 22. The molecule has 0 heterocycles. The molecule has 230 valence electrons. The second kappa shape index (κ2) is 20.3. The van der Waals surface area contributed by atoms with Crippen LogP contribution in [-0.2, 0) is 51.4 Å². The number of esters is 4. The van der Waals surface area contributed by atoms with Gasteiger partial charge in [-0.05, 0) is 47.6 Å². The van der Waals surface area contributed by atoms with Crippen molar-refractivity contribution in [1.29, 1.82) is 0 Å². The topological polar surface area (TPSA) is 136 Å². The average molecular weight is 590 g/mol. The predicted molar refractivity (Wildman–Crippen MR) is 149 cm³/mol. The number of nitrogens with zero attached hydrogens (tertiary/aromatic N) is 1. The molecule has 0 bridgehead atoms. The molecule has 0 aromatic heterocycles. The van der Waals surface area contributed by atoms with Gasteiger partial charge < -0.3 is 37.1 Å². The summed E-state index contributed by atoms with van der Waals surface area (Å²) in [7, 11) is -2.87. The Balaban J connectivity index is 5.18. The van der Waals surface area contributed by atoms with E-state index >= 15 is 0 Å². The van der Waals surface area contributed by atoms with Crippen LogP contribution in [0.25, 0.3) is 0 Å². The maximum Gasteiger partial charge on any atom is 0.500 e. The fraction of sp³-hybridized carbons (Fsp3) is 0.704. The number of hydrogen-bond acceptors (Lipinski definition) is 12. The highest BCUT2D eigenvalue weighted by Gasteiger charge is 2.39. The van der Waals surface area contributed by atoms with Crippen LogP contribution in [0, 0.1) is 0 Å². The maximum atomic E-state index is 12.4. The Morgan fingerprint density at radius 2 is 1.05 bits per heavy atom. The molecule has 13 heteroatoms. The fourth-order valence-electron chi connectivity index (χ4n) is 3.39. The molecule has 2 unspecified atom stereocenters. The monoisotopic (exact) mass is 589 g/mol. The van der Waals surface area contributed by atoms with Crippen LogP contribution >= 0.6 is 0 Å². The standard InChI is InChI=1S/C27H47NO11Si/c1-10-33-40(34-11-2,35-12-3)19-13-16-28(17-14-24(29)36-22(8)38-26(31)20(4)5)18-15-25(30)37-23(9)39-27(32)21(6)7/h22-23H,4,6,10-19H2,1-3,5,7-9H3. The van der Waals surface area contributed by atoms with Crippen molar-refractivity contribution in [3.05, 3.63) is 24.3 Å². The summed E-state index contributed by atoms with van der Waals surface area (Å²) in [6.07, 6.45) is -1.55. The van der Waals surface area contributed by atoms with Gasteiger partial charge in [0.2, 0.25) is 12.6 Å². The summed E-state index contributed by atoms with van der Waals surface area (Å²) in [6.45, 7) is 20.9. The second-order valence-corrected chi connectivity index (χ2v) is 11.6. The highest BCUT2D eigenvalue weighted by Crippen LogP contribution is 2.19. The molecular formula is C27H47NO11Si. The van der Waals surface area contributed by atoms with E-state index in [0.717, 1.165) is 0 Å². The summed E-state index contributed by atoms with van der Waals surface area (Å²) < 4.78 is 38.0. The minimum absolute atomic E-state index is 0.0123. The number of carbonyl (C=O) groups excluding carboxylic acids is 4. The minimum Gasteiger partial charge on any atom is -0.425 e. The summed E-state index contributed by atoms with van der Waals surface area (Å²) in [5.41, 5.74) is 0.380. The Morgan fingerprint density at radius 1 is 0.675 bits per heavy atom. The molecule has 0 rings (SSSR count). The van der Waals surface area contributed by atoms with Crippen molar-refractivity contribution in [2.45, 2.75) is 86.4 Å². The summed E-state index contributed by atoms with van der Waals surface area (Å²) in [5.74, 6) is -2.46. The molecule has 2 atom stereocenters. The van der Waals surface area contributed by atoms with Gasteiger partial charge in [0.25, 0.3) is 0 Å². The lowest BCUT2D eigenvalue weighted by molar-refractivity contribution is -0.183. The first-order valence-corrected chi connectivity index (χ1v) is 15.5. The van der Waals surface area contributed by atoms with Crippen LogP contribution in [0.5, 0.6) is 0 Å². The molecule has 0 aliphatic rings. The smallest absolute Gasteiger partial charge is 0.425 e. The van der Waals surface area contributed by atoms with Crippen LogP contribution in [0.3, 0.4) is 0 Å². The van der Waals surface area contributed by atoms with Crippen molar-refractivity contribution >= 4 is 32.7 Å². The molecule has 40 heavy (non-hydrogen) atoms. The molecule has 12 nitrogen and oxygen atoms in total. The first-order chi connectivity index (χ1) is 18.8. The largest absolute Gasteiger partial charge is 0.500 e. The van der Waals surface area contributed by atoms with E-state index in [0.29, 0.717) is 38.8 Å². The first-order valence-electron chi connectivity index (χ1n) is 13.5. The molecule has 0 aliphatic carbocycles. The number of carbonyl (C=O) groups is 4. The lowest BCUT2D eigenvalue weighted by Gasteiger charge is -2.29. The summed E-state index contributed by atoms with van der Waals surface area (Å²) in [4.78, 5) is 49.9. The number of hydrogen-bond donors (Lipinski definition) is 0. The van der Waals surface area contributed by atoms with Gasteiger partial charge in [-0.3, -0.25) is 9.59 Å². The van der Waals surface area contributed by atoms with Crippen molar-refractivity contribution in [2.75, 3.05) is 39.5 Å². The maximum absolute atomic E-state index is 12.4. The normalized spacial score (nSPS) is 12.8. The van der Waals surface area contributed by atoms with Crippen LogP contribution in [0.2, 0.25) is 6.04 Å². The minimum atomic E-state index is -2.87. The third-order valence-corrected chi connectivity index (χ3v) is 8.30. The molecule has 0 radical (unpaired) electrons. The fourth-order valence-corrected chi connectivity index (χ4v) is 5.99. The van der Waals surface area contributed by atoms with Crippen molar-refractivity contribution in [2.24, 2.45) is 0 Å². The van der Waals surface area contributed by atoms with Gasteiger partial charge in [-0.2, -0.15) is 0 Å². The zero-order chi connectivity index (χ0) is 30.7. The van der Waals surface area contributed by atoms with Crippen LogP contribution in [0.4, 0.5) is 0 Å². The number of ether oxygens (including phenoxy) is 4. The zero-order valence-corrected chi connectivity index (χ0v) is 26.1.